The molecule has 0 unspecified atom stereocenters. The highest BCUT2D eigenvalue weighted by molar-refractivity contribution is 5.92. The van der Waals surface area contributed by atoms with Crippen molar-refractivity contribution in [1.82, 2.24) is 20.3 Å². The van der Waals surface area contributed by atoms with Crippen molar-refractivity contribution < 1.29 is 28.6 Å². The van der Waals surface area contributed by atoms with E-state index in [0.717, 1.165) is 7.11 Å². The second-order valence-corrected chi connectivity index (χ2v) is 3.82. The molecule has 0 aliphatic rings. The zero-order valence-electron chi connectivity index (χ0n) is 11.9. The van der Waals surface area contributed by atoms with Gasteiger partial charge in [0.2, 0.25) is 0 Å². The predicted octanol–water partition coefficient (Wildman–Crippen LogP) is -0.864. The van der Waals surface area contributed by atoms with Gasteiger partial charge in [0, 0.05) is 13.5 Å². The molecule has 0 fully saturated rings. The van der Waals surface area contributed by atoms with Crippen LogP contribution < -0.4 is 5.32 Å². The van der Waals surface area contributed by atoms with Crippen LogP contribution >= 0.6 is 0 Å². The molecular weight excluding hydrogens is 284 g/mol. The van der Waals surface area contributed by atoms with Gasteiger partial charge < -0.3 is 14.2 Å². The summed E-state index contributed by atoms with van der Waals surface area (Å²) in [5.41, 5.74) is 0.379. The Morgan fingerprint density at radius 3 is 2.48 bits per heavy atom. The molecule has 10 heteroatoms. The van der Waals surface area contributed by atoms with E-state index in [0.29, 0.717) is 18.7 Å². The number of carbonyl (C=O) groups excluding carboxylic acids is 3. The Labute approximate surface area is 120 Å². The lowest BCUT2D eigenvalue weighted by Crippen LogP contribution is -2.34. The number of amides is 2. The van der Waals surface area contributed by atoms with Gasteiger partial charge in [-0.15, -0.1) is 5.10 Å². The molecule has 0 aromatic carbocycles. The molecule has 1 heterocycles. The van der Waals surface area contributed by atoms with E-state index in [-0.39, 0.29) is 12.2 Å². The normalized spacial score (nSPS) is 10.0. The molecule has 0 aliphatic carbocycles. The van der Waals surface area contributed by atoms with E-state index in [2.05, 4.69) is 19.8 Å². The van der Waals surface area contributed by atoms with E-state index >= 15 is 0 Å². The largest absolute Gasteiger partial charge is 0.464 e. The maximum atomic E-state index is 11.6. The van der Waals surface area contributed by atoms with E-state index in [1.54, 1.807) is 0 Å². The molecular formula is C11H16N4O6. The van der Waals surface area contributed by atoms with Crippen LogP contribution in [0.25, 0.3) is 0 Å². The van der Waals surface area contributed by atoms with Gasteiger partial charge in [-0.05, 0) is 0 Å². The smallest absolute Gasteiger partial charge is 0.413 e. The molecule has 0 saturated heterocycles. The van der Waals surface area contributed by atoms with Crippen LogP contribution in [0.3, 0.4) is 0 Å². The monoisotopic (exact) mass is 300 g/mol. The third kappa shape index (κ3) is 4.53. The molecule has 21 heavy (non-hydrogen) atoms. The van der Waals surface area contributed by atoms with Crippen LogP contribution in [-0.4, -0.2) is 60.9 Å². The average Bonchev–Trinajstić information content (AvgIpc) is 2.86. The third-order valence-electron chi connectivity index (χ3n) is 2.48. The zero-order valence-corrected chi connectivity index (χ0v) is 11.9. The van der Waals surface area contributed by atoms with Crippen molar-refractivity contribution in [3.8, 4) is 0 Å². The predicted molar refractivity (Wildman–Crippen MR) is 67.5 cm³/mol. The Morgan fingerprint density at radius 1 is 1.19 bits per heavy atom. The highest BCUT2D eigenvalue weighted by Gasteiger charge is 2.21. The number of alkyl carbamates (subject to hydrolysis) is 1. The summed E-state index contributed by atoms with van der Waals surface area (Å²) in [7, 11) is 3.85. The van der Waals surface area contributed by atoms with Crippen LogP contribution in [0.4, 0.5) is 4.79 Å². The summed E-state index contributed by atoms with van der Waals surface area (Å²) in [5, 5.41) is 9.37. The summed E-state index contributed by atoms with van der Waals surface area (Å²) >= 11 is 0. The van der Waals surface area contributed by atoms with Crippen LogP contribution in [0.5, 0.6) is 0 Å². The highest BCUT2D eigenvalue weighted by atomic mass is 16.5. The second-order valence-electron chi connectivity index (χ2n) is 3.82. The number of rotatable bonds is 6. The lowest BCUT2D eigenvalue weighted by molar-refractivity contribution is -0.121. The second kappa shape index (κ2) is 7.94. The summed E-state index contributed by atoms with van der Waals surface area (Å²) < 4.78 is 15.0. The van der Waals surface area contributed by atoms with Crippen LogP contribution in [0.1, 0.15) is 16.2 Å². The summed E-state index contributed by atoms with van der Waals surface area (Å²) in [6.45, 7) is 0.00807. The molecule has 0 radical (unpaired) electrons. The van der Waals surface area contributed by atoms with Crippen molar-refractivity contribution in [3.05, 3.63) is 11.4 Å². The number of ether oxygens (including phenoxy) is 3. The summed E-state index contributed by atoms with van der Waals surface area (Å²) in [6, 6.07) is 0. The van der Waals surface area contributed by atoms with E-state index in [1.807, 2.05) is 5.32 Å². The van der Waals surface area contributed by atoms with Crippen LogP contribution in [0.15, 0.2) is 0 Å². The molecule has 1 aromatic rings. The van der Waals surface area contributed by atoms with Crippen molar-refractivity contribution in [3.63, 3.8) is 0 Å². The van der Waals surface area contributed by atoms with Gasteiger partial charge in [0.15, 0.2) is 5.69 Å². The summed E-state index contributed by atoms with van der Waals surface area (Å²) in [4.78, 5) is 34.1. The van der Waals surface area contributed by atoms with Crippen LogP contribution in [0, 0.1) is 0 Å². The quantitative estimate of drug-likeness (QED) is 0.673. The average molecular weight is 300 g/mol. The van der Waals surface area contributed by atoms with E-state index in [1.165, 1.54) is 18.9 Å². The van der Waals surface area contributed by atoms with E-state index in [4.69, 9.17) is 4.74 Å². The topological polar surface area (TPSA) is 122 Å². The molecule has 0 aliphatic heterocycles. The number of hydrogen-bond acceptors (Lipinski definition) is 8. The van der Waals surface area contributed by atoms with Gasteiger partial charge >= 0.3 is 12.1 Å². The number of imide groups is 1. The maximum Gasteiger partial charge on any atom is 0.413 e. The first-order valence-electron chi connectivity index (χ1n) is 5.90. The number of hydrogen-bond donors (Lipinski definition) is 1. The van der Waals surface area contributed by atoms with Crippen molar-refractivity contribution in [1.29, 1.82) is 0 Å². The Bertz CT molecular complexity index is 527. The minimum absolute atomic E-state index is 0.000387. The Balaban J connectivity index is 2.90. The molecule has 1 rings (SSSR count). The van der Waals surface area contributed by atoms with Gasteiger partial charge in [-0.2, -0.15) is 0 Å². The lowest BCUT2D eigenvalue weighted by atomic mass is 10.2. The molecule has 10 nitrogen and oxygen atoms in total. The summed E-state index contributed by atoms with van der Waals surface area (Å²) in [5.74, 6) is -1.32. The van der Waals surface area contributed by atoms with Crippen molar-refractivity contribution in [2.24, 2.45) is 0 Å². The zero-order chi connectivity index (χ0) is 15.8. The lowest BCUT2D eigenvalue weighted by Gasteiger charge is -2.07. The van der Waals surface area contributed by atoms with Gasteiger partial charge in [0.05, 0.1) is 26.5 Å². The Hall–Kier alpha value is -2.49. The molecule has 1 N–H and O–H groups in total. The maximum absolute atomic E-state index is 11.6. The van der Waals surface area contributed by atoms with Gasteiger partial charge in [0.25, 0.3) is 5.91 Å². The van der Waals surface area contributed by atoms with Gasteiger partial charge in [0.1, 0.15) is 6.54 Å². The van der Waals surface area contributed by atoms with Crippen molar-refractivity contribution in [2.75, 3.05) is 27.9 Å². The third-order valence-corrected chi connectivity index (χ3v) is 2.48. The minimum atomic E-state index is -0.883. The van der Waals surface area contributed by atoms with Gasteiger partial charge in [-0.25, -0.2) is 14.3 Å². The first-order chi connectivity index (χ1) is 10.0. The van der Waals surface area contributed by atoms with Crippen LogP contribution in [-0.2, 0) is 32.0 Å². The highest BCUT2D eigenvalue weighted by Crippen LogP contribution is 2.08. The fourth-order valence-electron chi connectivity index (χ4n) is 1.50. The van der Waals surface area contributed by atoms with E-state index < -0.39 is 18.0 Å². The SMILES string of the molecule is COCCc1c(C(=O)OC)nnn1CC(=O)NC(=O)OC. The Morgan fingerprint density at radius 2 is 1.90 bits per heavy atom. The number of methoxy groups -OCH3 is 3. The van der Waals surface area contributed by atoms with Gasteiger partial charge in [-0.3, -0.25) is 10.1 Å². The molecule has 0 bridgehead atoms. The van der Waals surface area contributed by atoms with Gasteiger partial charge in [-0.1, -0.05) is 5.21 Å². The molecule has 0 spiro atoms. The number of nitrogens with one attached hydrogen (secondary N) is 1. The molecule has 0 atom stereocenters. The molecule has 2 amide bonds. The molecule has 1 aromatic heterocycles. The molecule has 0 saturated carbocycles. The van der Waals surface area contributed by atoms with Crippen molar-refractivity contribution in [2.45, 2.75) is 13.0 Å². The van der Waals surface area contributed by atoms with Crippen LogP contribution in [0.2, 0.25) is 0 Å². The number of carbonyl (C=O) groups is 3. The summed E-state index contributed by atoms with van der Waals surface area (Å²) in [6.07, 6.45) is -0.578. The van der Waals surface area contributed by atoms with Crippen molar-refractivity contribution >= 4 is 18.0 Å². The fraction of sp³-hybridized carbons (Fsp3) is 0.545. The number of esters is 1. The van der Waals surface area contributed by atoms with E-state index in [9.17, 15) is 14.4 Å². The Kier molecular flexibility index (Phi) is 6.27. The first kappa shape index (κ1) is 16.6. The minimum Gasteiger partial charge on any atom is -0.464 e. The first-order valence-corrected chi connectivity index (χ1v) is 5.90. The number of nitrogens with zero attached hydrogens (tertiary/aromatic N) is 3. The standard InChI is InChI=1S/C11H16N4O6/c1-19-5-4-7-9(10(17)20-2)13-14-15(7)6-8(16)12-11(18)21-3/h4-6H2,1-3H3,(H,12,16,18). The molecule has 116 valence electrons. The fourth-order valence-corrected chi connectivity index (χ4v) is 1.50. The number of aromatic nitrogens is 3.